The fourth-order valence-corrected chi connectivity index (χ4v) is 4.28. The van der Waals surface area contributed by atoms with Gasteiger partial charge in [0.1, 0.15) is 0 Å². The maximum atomic E-state index is 4.42. The van der Waals surface area contributed by atoms with Crippen LogP contribution in [0.25, 0.3) is 5.65 Å². The summed E-state index contributed by atoms with van der Waals surface area (Å²) >= 11 is 2.01. The summed E-state index contributed by atoms with van der Waals surface area (Å²) in [4.78, 5) is 2.41. The van der Waals surface area contributed by atoms with E-state index < -0.39 is 0 Å². The molecule has 0 aromatic carbocycles. The molecule has 0 radical (unpaired) electrons. The molecular weight excluding hydrogens is 270 g/mol. The van der Waals surface area contributed by atoms with Gasteiger partial charge in [-0.1, -0.05) is 0 Å². The van der Waals surface area contributed by atoms with Crippen molar-refractivity contribution < 1.29 is 0 Å². The molecule has 4 rings (SSSR count). The van der Waals surface area contributed by atoms with Crippen molar-refractivity contribution in [1.29, 1.82) is 0 Å². The van der Waals surface area contributed by atoms with Crippen molar-refractivity contribution in [2.45, 2.75) is 18.1 Å². The van der Waals surface area contributed by atoms with Crippen molar-refractivity contribution in [3.8, 4) is 0 Å². The Hall–Kier alpha value is -1.27. The first-order valence-electron chi connectivity index (χ1n) is 7.34. The van der Waals surface area contributed by atoms with Gasteiger partial charge in [0.15, 0.2) is 11.5 Å². The Kier molecular flexibility index (Phi) is 3.28. The molecule has 106 valence electrons. The van der Waals surface area contributed by atoms with E-state index in [0.717, 1.165) is 37.7 Å². The van der Waals surface area contributed by atoms with Crippen LogP contribution in [0.2, 0.25) is 0 Å². The molecule has 4 heterocycles. The van der Waals surface area contributed by atoms with Gasteiger partial charge in [0, 0.05) is 44.1 Å². The number of nitrogens with zero attached hydrogens (tertiary/aromatic N) is 4. The number of aromatic nitrogens is 3. The van der Waals surface area contributed by atoms with Crippen LogP contribution in [-0.4, -0.2) is 46.5 Å². The second-order valence-electron chi connectivity index (χ2n) is 5.41. The van der Waals surface area contributed by atoms with Gasteiger partial charge in [0.2, 0.25) is 0 Å². The van der Waals surface area contributed by atoms with E-state index in [1.54, 1.807) is 0 Å². The number of fused-ring (bicyclic) bond motifs is 1. The largest absolute Gasteiger partial charge is 0.369 e. The average molecular weight is 289 g/mol. The molecule has 2 aliphatic rings. The number of thioether (sulfide) groups is 1. The lowest BCUT2D eigenvalue weighted by atomic mass is 10.2. The molecule has 0 aliphatic carbocycles. The van der Waals surface area contributed by atoms with Crippen molar-refractivity contribution in [1.82, 2.24) is 19.9 Å². The summed E-state index contributed by atoms with van der Waals surface area (Å²) in [6, 6.07) is 4.37. The molecule has 0 amide bonds. The van der Waals surface area contributed by atoms with Gasteiger partial charge in [0.05, 0.1) is 5.25 Å². The molecular formula is C14H19N5S. The van der Waals surface area contributed by atoms with Crippen LogP contribution in [-0.2, 0) is 0 Å². The normalized spacial score (nSPS) is 23.6. The fourth-order valence-electron chi connectivity index (χ4n) is 3.02. The Morgan fingerprint density at radius 2 is 2.15 bits per heavy atom. The molecule has 0 bridgehead atoms. The van der Waals surface area contributed by atoms with E-state index in [4.69, 9.17) is 0 Å². The summed E-state index contributed by atoms with van der Waals surface area (Å²) < 4.78 is 2.16. The lowest BCUT2D eigenvalue weighted by Crippen LogP contribution is -2.43. The summed E-state index contributed by atoms with van der Waals surface area (Å²) in [6.45, 7) is 4.24. The molecule has 6 heteroatoms. The Balaban J connectivity index is 1.66. The van der Waals surface area contributed by atoms with Gasteiger partial charge >= 0.3 is 0 Å². The zero-order chi connectivity index (χ0) is 13.4. The number of pyridine rings is 1. The molecule has 1 unspecified atom stereocenters. The van der Waals surface area contributed by atoms with E-state index >= 15 is 0 Å². The topological polar surface area (TPSA) is 45.5 Å². The maximum absolute atomic E-state index is 4.42. The first kappa shape index (κ1) is 12.5. The average Bonchev–Trinajstić information content (AvgIpc) is 3.16. The summed E-state index contributed by atoms with van der Waals surface area (Å²) in [5.74, 6) is 2.37. The zero-order valence-corrected chi connectivity index (χ0v) is 12.3. The summed E-state index contributed by atoms with van der Waals surface area (Å²) in [5, 5.41) is 12.7. The SMILES string of the molecule is c1cn2c(C3CCCS3)nnc2cc1N1CCNCC1. The number of piperazine rings is 1. The minimum absolute atomic E-state index is 0.523. The van der Waals surface area contributed by atoms with E-state index in [1.165, 1.54) is 24.3 Å². The quantitative estimate of drug-likeness (QED) is 0.912. The third-order valence-corrected chi connectivity index (χ3v) is 5.49. The van der Waals surface area contributed by atoms with Crippen LogP contribution in [0.3, 0.4) is 0 Å². The van der Waals surface area contributed by atoms with Crippen LogP contribution in [0.15, 0.2) is 18.3 Å². The number of hydrogen-bond acceptors (Lipinski definition) is 5. The molecule has 5 nitrogen and oxygen atoms in total. The van der Waals surface area contributed by atoms with Crippen LogP contribution < -0.4 is 10.2 Å². The predicted molar refractivity (Wildman–Crippen MR) is 82.5 cm³/mol. The first-order chi connectivity index (χ1) is 9.92. The monoisotopic (exact) mass is 289 g/mol. The van der Waals surface area contributed by atoms with Gasteiger partial charge in [0.25, 0.3) is 0 Å². The minimum atomic E-state index is 0.523. The number of rotatable bonds is 2. The van der Waals surface area contributed by atoms with Crippen molar-refractivity contribution >= 4 is 23.1 Å². The minimum Gasteiger partial charge on any atom is -0.369 e. The highest BCUT2D eigenvalue weighted by atomic mass is 32.2. The van der Waals surface area contributed by atoms with E-state index in [9.17, 15) is 0 Å². The van der Waals surface area contributed by atoms with Crippen molar-refractivity contribution in [2.24, 2.45) is 0 Å². The van der Waals surface area contributed by atoms with Crippen LogP contribution in [0.5, 0.6) is 0 Å². The Morgan fingerprint density at radius 3 is 2.95 bits per heavy atom. The second-order valence-corrected chi connectivity index (χ2v) is 6.72. The van der Waals surface area contributed by atoms with Gasteiger partial charge in [-0.15, -0.1) is 10.2 Å². The molecule has 2 aromatic rings. The number of hydrogen-bond donors (Lipinski definition) is 1. The third-order valence-electron chi connectivity index (χ3n) is 4.12. The van der Waals surface area contributed by atoms with Gasteiger partial charge in [-0.05, 0) is 24.7 Å². The highest BCUT2D eigenvalue weighted by Crippen LogP contribution is 2.39. The lowest BCUT2D eigenvalue weighted by molar-refractivity contribution is 0.589. The molecule has 2 fully saturated rings. The molecule has 2 aliphatic heterocycles. The molecule has 2 saturated heterocycles. The fraction of sp³-hybridized carbons (Fsp3) is 0.571. The van der Waals surface area contributed by atoms with Crippen LogP contribution in [0.1, 0.15) is 23.9 Å². The Labute approximate surface area is 122 Å². The Bertz CT molecular complexity index is 599. The predicted octanol–water partition coefficient (Wildman–Crippen LogP) is 1.71. The summed E-state index contributed by atoms with van der Waals surface area (Å²) in [5.41, 5.74) is 2.24. The van der Waals surface area contributed by atoms with Crippen molar-refractivity contribution in [2.75, 3.05) is 36.8 Å². The molecule has 20 heavy (non-hydrogen) atoms. The number of nitrogens with one attached hydrogen (secondary N) is 1. The molecule has 1 atom stereocenters. The van der Waals surface area contributed by atoms with E-state index in [0.29, 0.717) is 5.25 Å². The standard InChI is InChI=1S/C14H19N5S/c1-2-12(20-9-1)14-17-16-13-10-11(3-6-19(13)14)18-7-4-15-5-8-18/h3,6,10,12,15H,1-2,4-5,7-9H2. The van der Waals surface area contributed by atoms with E-state index in [-0.39, 0.29) is 0 Å². The highest BCUT2D eigenvalue weighted by Gasteiger charge is 2.23. The second kappa shape index (κ2) is 5.26. The number of anilines is 1. The zero-order valence-electron chi connectivity index (χ0n) is 11.5. The van der Waals surface area contributed by atoms with Crippen LogP contribution in [0, 0.1) is 0 Å². The van der Waals surface area contributed by atoms with Gasteiger partial charge < -0.3 is 10.2 Å². The summed E-state index contributed by atoms with van der Waals surface area (Å²) in [6.07, 6.45) is 4.66. The molecule has 1 N–H and O–H groups in total. The third kappa shape index (κ3) is 2.16. The van der Waals surface area contributed by atoms with Gasteiger partial charge in [-0.25, -0.2) is 0 Å². The molecule has 0 saturated carbocycles. The van der Waals surface area contributed by atoms with Gasteiger partial charge in [-0.3, -0.25) is 4.40 Å². The Morgan fingerprint density at radius 1 is 1.25 bits per heavy atom. The van der Waals surface area contributed by atoms with E-state index in [1.807, 2.05) is 11.8 Å². The van der Waals surface area contributed by atoms with Crippen molar-refractivity contribution in [3.05, 3.63) is 24.2 Å². The van der Waals surface area contributed by atoms with Gasteiger partial charge in [-0.2, -0.15) is 11.8 Å². The lowest BCUT2D eigenvalue weighted by Gasteiger charge is -2.29. The van der Waals surface area contributed by atoms with Crippen molar-refractivity contribution in [3.63, 3.8) is 0 Å². The smallest absolute Gasteiger partial charge is 0.162 e. The highest BCUT2D eigenvalue weighted by molar-refractivity contribution is 7.99. The van der Waals surface area contributed by atoms with Crippen LogP contribution >= 0.6 is 11.8 Å². The van der Waals surface area contributed by atoms with E-state index in [2.05, 4.69) is 43.1 Å². The first-order valence-corrected chi connectivity index (χ1v) is 8.39. The van der Waals surface area contributed by atoms with Crippen LogP contribution in [0.4, 0.5) is 5.69 Å². The molecule has 2 aromatic heterocycles. The maximum Gasteiger partial charge on any atom is 0.162 e. The summed E-state index contributed by atoms with van der Waals surface area (Å²) in [7, 11) is 0. The molecule has 0 spiro atoms.